The molecule has 24 heavy (non-hydrogen) atoms. The van der Waals surface area contributed by atoms with Crippen LogP contribution in [0.3, 0.4) is 0 Å². The Morgan fingerprint density at radius 2 is 2.08 bits per heavy atom. The van der Waals surface area contributed by atoms with Crippen molar-refractivity contribution in [2.45, 2.75) is 20.0 Å². The van der Waals surface area contributed by atoms with Gasteiger partial charge in [-0.1, -0.05) is 11.3 Å². The van der Waals surface area contributed by atoms with Crippen LogP contribution in [0, 0.1) is 11.6 Å². The summed E-state index contributed by atoms with van der Waals surface area (Å²) in [6.07, 6.45) is 0.739. The first-order valence-electron chi connectivity index (χ1n) is 7.21. The Labute approximate surface area is 141 Å². The van der Waals surface area contributed by atoms with Crippen molar-refractivity contribution in [3.63, 3.8) is 0 Å². The first-order valence-corrected chi connectivity index (χ1v) is 8.02. The average Bonchev–Trinajstić information content (AvgIpc) is 2.90. The number of carbonyl (C=O) groups excluding carboxylic acids is 1. The van der Waals surface area contributed by atoms with E-state index in [-0.39, 0.29) is 23.5 Å². The second kappa shape index (κ2) is 8.02. The molecule has 1 aromatic heterocycles. The topological polar surface area (TPSA) is 74.7 Å². The molecule has 0 aliphatic heterocycles. The van der Waals surface area contributed by atoms with Crippen LogP contribution in [0.15, 0.2) is 24.4 Å². The van der Waals surface area contributed by atoms with Gasteiger partial charge in [0, 0.05) is 31.3 Å². The van der Waals surface area contributed by atoms with E-state index in [2.05, 4.69) is 10.3 Å². The molecule has 0 fully saturated rings. The zero-order valence-corrected chi connectivity index (χ0v) is 13.9. The van der Waals surface area contributed by atoms with Crippen LogP contribution in [0.1, 0.15) is 13.8 Å². The summed E-state index contributed by atoms with van der Waals surface area (Å²) in [6, 6.07) is 2.42. The van der Waals surface area contributed by atoms with E-state index in [0.29, 0.717) is 11.5 Å². The number of hydrogen-bond donors (Lipinski definition) is 2. The molecule has 2 amide bonds. The van der Waals surface area contributed by atoms with Gasteiger partial charge in [-0.05, 0) is 13.8 Å². The van der Waals surface area contributed by atoms with Crippen molar-refractivity contribution in [3.8, 4) is 10.9 Å². The molecule has 9 heteroatoms. The normalized spacial score (nSPS) is 11.9. The van der Waals surface area contributed by atoms with Crippen molar-refractivity contribution >= 4 is 22.4 Å². The third-order valence-electron chi connectivity index (χ3n) is 2.91. The van der Waals surface area contributed by atoms with Crippen LogP contribution >= 0.6 is 11.3 Å². The molecular formula is C15H17F2N3O3S. The first-order chi connectivity index (χ1) is 11.4. The van der Waals surface area contributed by atoms with Gasteiger partial charge < -0.3 is 14.7 Å². The van der Waals surface area contributed by atoms with Crippen molar-refractivity contribution in [3.05, 3.63) is 36.0 Å². The standard InChI is InChI=1S/C15H17F2N3O3S/c1-3-20(8-9(2)21)14(22)19-13-7-18-15(24-13)23-12-5-10(16)4-11(17)6-12/h4-7,9,21H,3,8H2,1-2H3,(H,19,22). The van der Waals surface area contributed by atoms with Gasteiger partial charge in [0.25, 0.3) is 5.19 Å². The zero-order chi connectivity index (χ0) is 17.7. The third-order valence-corrected chi connectivity index (χ3v) is 3.70. The van der Waals surface area contributed by atoms with Crippen LogP contribution in [0.2, 0.25) is 0 Å². The average molecular weight is 357 g/mol. The Morgan fingerprint density at radius 1 is 1.42 bits per heavy atom. The third kappa shape index (κ3) is 5.14. The molecule has 2 rings (SSSR count). The number of ether oxygens (including phenoxy) is 1. The fraction of sp³-hybridized carbons (Fsp3) is 0.333. The summed E-state index contributed by atoms with van der Waals surface area (Å²) in [7, 11) is 0. The molecule has 1 unspecified atom stereocenters. The van der Waals surface area contributed by atoms with E-state index in [1.807, 2.05) is 0 Å². The maximum atomic E-state index is 13.1. The van der Waals surface area contributed by atoms with Crippen LogP contribution in [0.5, 0.6) is 10.9 Å². The Morgan fingerprint density at radius 3 is 2.67 bits per heavy atom. The smallest absolute Gasteiger partial charge is 0.322 e. The summed E-state index contributed by atoms with van der Waals surface area (Å²) in [5.41, 5.74) is 0. The second-order valence-corrected chi connectivity index (χ2v) is 6.01. The second-order valence-electron chi connectivity index (χ2n) is 5.02. The van der Waals surface area contributed by atoms with E-state index in [1.165, 1.54) is 11.1 Å². The summed E-state index contributed by atoms with van der Waals surface area (Å²) < 4.78 is 31.5. The number of aliphatic hydroxyl groups is 1. The Kier molecular flexibility index (Phi) is 6.04. The predicted octanol–water partition coefficient (Wildman–Crippen LogP) is 3.45. The quantitative estimate of drug-likeness (QED) is 0.830. The van der Waals surface area contributed by atoms with Gasteiger partial charge in [-0.15, -0.1) is 0 Å². The lowest BCUT2D eigenvalue weighted by atomic mass is 10.3. The number of nitrogens with one attached hydrogen (secondary N) is 1. The summed E-state index contributed by atoms with van der Waals surface area (Å²) in [4.78, 5) is 17.5. The number of anilines is 1. The Bertz CT molecular complexity index is 689. The van der Waals surface area contributed by atoms with Gasteiger partial charge in [-0.2, -0.15) is 0 Å². The van der Waals surface area contributed by atoms with E-state index in [9.17, 15) is 18.7 Å². The molecule has 0 saturated carbocycles. The minimum atomic E-state index is -0.758. The lowest BCUT2D eigenvalue weighted by Crippen LogP contribution is -2.39. The molecule has 0 aliphatic carbocycles. The first kappa shape index (κ1) is 18.1. The minimum Gasteiger partial charge on any atom is -0.431 e. The summed E-state index contributed by atoms with van der Waals surface area (Å²) in [6.45, 7) is 4.02. The van der Waals surface area contributed by atoms with Crippen LogP contribution < -0.4 is 10.1 Å². The zero-order valence-electron chi connectivity index (χ0n) is 13.1. The van der Waals surface area contributed by atoms with Crippen molar-refractivity contribution in [1.29, 1.82) is 0 Å². The fourth-order valence-corrected chi connectivity index (χ4v) is 2.59. The molecule has 1 aromatic carbocycles. The highest BCUT2D eigenvalue weighted by molar-refractivity contribution is 7.17. The number of thiazole rings is 1. The lowest BCUT2D eigenvalue weighted by Gasteiger charge is -2.22. The number of halogens is 2. The number of nitrogens with zero attached hydrogens (tertiary/aromatic N) is 2. The van der Waals surface area contributed by atoms with Crippen LogP contribution in [-0.2, 0) is 0 Å². The van der Waals surface area contributed by atoms with Crippen molar-refractivity contribution in [2.24, 2.45) is 0 Å². The van der Waals surface area contributed by atoms with Crippen LogP contribution in [0.25, 0.3) is 0 Å². The number of benzene rings is 1. The fourth-order valence-electron chi connectivity index (χ4n) is 1.91. The van der Waals surface area contributed by atoms with Crippen LogP contribution in [-0.4, -0.2) is 40.2 Å². The maximum Gasteiger partial charge on any atom is 0.322 e. The highest BCUT2D eigenvalue weighted by Crippen LogP contribution is 2.30. The molecule has 0 saturated heterocycles. The number of aromatic nitrogens is 1. The molecule has 0 radical (unpaired) electrons. The maximum absolute atomic E-state index is 13.1. The van der Waals surface area contributed by atoms with E-state index < -0.39 is 17.7 Å². The molecule has 6 nitrogen and oxygen atoms in total. The van der Waals surface area contributed by atoms with Crippen molar-refractivity contribution in [2.75, 3.05) is 18.4 Å². The van der Waals surface area contributed by atoms with E-state index in [4.69, 9.17) is 4.74 Å². The highest BCUT2D eigenvalue weighted by Gasteiger charge is 2.15. The van der Waals surface area contributed by atoms with Gasteiger partial charge in [0.05, 0.1) is 12.3 Å². The molecule has 0 spiro atoms. The number of aliphatic hydroxyl groups excluding tert-OH is 1. The molecule has 0 bridgehead atoms. The Balaban J connectivity index is 2.01. The van der Waals surface area contributed by atoms with Gasteiger partial charge in [0.15, 0.2) is 0 Å². The van der Waals surface area contributed by atoms with Gasteiger partial charge in [0.2, 0.25) is 0 Å². The minimum absolute atomic E-state index is 0.0241. The highest BCUT2D eigenvalue weighted by atomic mass is 32.1. The van der Waals surface area contributed by atoms with Crippen molar-refractivity contribution in [1.82, 2.24) is 9.88 Å². The van der Waals surface area contributed by atoms with Gasteiger partial charge in [0.1, 0.15) is 22.4 Å². The number of urea groups is 1. The summed E-state index contributed by atoms with van der Waals surface area (Å²) in [5, 5.41) is 12.5. The predicted molar refractivity (Wildman–Crippen MR) is 86.5 cm³/mol. The molecule has 130 valence electrons. The molecule has 1 atom stereocenters. The largest absolute Gasteiger partial charge is 0.431 e. The van der Waals surface area contributed by atoms with E-state index >= 15 is 0 Å². The number of carbonyl (C=O) groups is 1. The monoisotopic (exact) mass is 357 g/mol. The summed E-state index contributed by atoms with van der Waals surface area (Å²) in [5.74, 6) is -1.54. The number of hydrogen-bond acceptors (Lipinski definition) is 5. The molecule has 1 heterocycles. The van der Waals surface area contributed by atoms with E-state index in [1.54, 1.807) is 13.8 Å². The molecule has 2 N–H and O–H groups in total. The van der Waals surface area contributed by atoms with Gasteiger partial charge >= 0.3 is 6.03 Å². The van der Waals surface area contributed by atoms with Crippen molar-refractivity contribution < 1.29 is 23.4 Å². The lowest BCUT2D eigenvalue weighted by molar-refractivity contribution is 0.141. The molecule has 2 aromatic rings. The Hall–Kier alpha value is -2.26. The van der Waals surface area contributed by atoms with Gasteiger partial charge in [-0.25, -0.2) is 18.6 Å². The number of amides is 2. The van der Waals surface area contributed by atoms with Gasteiger partial charge in [-0.3, -0.25) is 5.32 Å². The molecular weight excluding hydrogens is 340 g/mol. The number of rotatable bonds is 6. The summed E-state index contributed by atoms with van der Waals surface area (Å²) >= 11 is 1.02. The molecule has 0 aliphatic rings. The van der Waals surface area contributed by atoms with E-state index in [0.717, 1.165) is 29.5 Å². The van der Waals surface area contributed by atoms with Crippen LogP contribution in [0.4, 0.5) is 18.6 Å². The SMILES string of the molecule is CCN(CC(C)O)C(=O)Nc1cnc(Oc2cc(F)cc(F)c2)s1. The number of likely N-dealkylation sites (N-methyl/N-ethyl adjacent to an activating group) is 1.